The minimum absolute atomic E-state index is 0.255. The summed E-state index contributed by atoms with van der Waals surface area (Å²) in [6.45, 7) is 0.498. The highest BCUT2D eigenvalue weighted by molar-refractivity contribution is 7.91. The number of hydrogen-bond donors (Lipinski definition) is 1. The summed E-state index contributed by atoms with van der Waals surface area (Å²) in [6, 6.07) is 2.75. The predicted molar refractivity (Wildman–Crippen MR) is 69.0 cm³/mol. The fourth-order valence-corrected chi connectivity index (χ4v) is 3.75. The Morgan fingerprint density at radius 3 is 2.75 bits per heavy atom. The number of carboxylic acids is 1. The second kappa shape index (κ2) is 5.88. The largest absolute Gasteiger partial charge is 0.478 e. The number of carbonyl (C=O) groups is 1. The Morgan fingerprint density at radius 2 is 2.15 bits per heavy atom. The highest BCUT2D eigenvalue weighted by Gasteiger charge is 2.27. The lowest BCUT2D eigenvalue weighted by Crippen LogP contribution is -2.28. The molecule has 20 heavy (non-hydrogen) atoms. The van der Waals surface area contributed by atoms with Gasteiger partial charge in [0, 0.05) is 6.61 Å². The zero-order valence-electron chi connectivity index (χ0n) is 10.7. The van der Waals surface area contributed by atoms with Gasteiger partial charge < -0.3 is 9.84 Å². The molecule has 0 spiro atoms. The van der Waals surface area contributed by atoms with Gasteiger partial charge in [-0.15, -0.1) is 0 Å². The fourth-order valence-electron chi connectivity index (χ4n) is 2.15. The Balaban J connectivity index is 2.28. The number of hydrogen-bond acceptors (Lipinski definition) is 4. The van der Waals surface area contributed by atoms with Crippen LogP contribution >= 0.6 is 0 Å². The van der Waals surface area contributed by atoms with Crippen molar-refractivity contribution in [3.63, 3.8) is 0 Å². The van der Waals surface area contributed by atoms with Crippen molar-refractivity contribution >= 4 is 15.8 Å². The standard InChI is InChI=1S/C13H15FO5S/c14-11-5-4-9(13(15)16)7-12(11)20(17,18)8-10-3-1-2-6-19-10/h4-5,7,10H,1-3,6,8H2,(H,15,16). The summed E-state index contributed by atoms with van der Waals surface area (Å²) in [5.74, 6) is -2.56. The van der Waals surface area contributed by atoms with Crippen LogP contribution in [0.5, 0.6) is 0 Å². The SMILES string of the molecule is O=C(O)c1ccc(F)c(S(=O)(=O)CC2CCCCO2)c1. The summed E-state index contributed by atoms with van der Waals surface area (Å²) in [6.07, 6.45) is 1.91. The number of benzene rings is 1. The first-order valence-corrected chi connectivity index (χ1v) is 7.92. The van der Waals surface area contributed by atoms with Crippen LogP contribution in [0.15, 0.2) is 23.1 Å². The molecular weight excluding hydrogens is 287 g/mol. The van der Waals surface area contributed by atoms with Crippen LogP contribution in [-0.4, -0.2) is 38.0 Å². The third-order valence-corrected chi connectivity index (χ3v) is 4.99. The van der Waals surface area contributed by atoms with Crippen LogP contribution < -0.4 is 0 Å². The maximum atomic E-state index is 13.7. The Bertz CT molecular complexity index is 605. The van der Waals surface area contributed by atoms with Crippen molar-refractivity contribution < 1.29 is 27.4 Å². The van der Waals surface area contributed by atoms with E-state index >= 15 is 0 Å². The van der Waals surface area contributed by atoms with Gasteiger partial charge in [-0.05, 0) is 37.5 Å². The Hall–Kier alpha value is -1.47. The van der Waals surface area contributed by atoms with Crippen molar-refractivity contribution in [1.82, 2.24) is 0 Å². The van der Waals surface area contributed by atoms with E-state index in [1.165, 1.54) is 0 Å². The highest BCUT2D eigenvalue weighted by Crippen LogP contribution is 2.22. The molecule has 0 saturated carbocycles. The minimum Gasteiger partial charge on any atom is -0.478 e. The third-order valence-electron chi connectivity index (χ3n) is 3.19. The number of sulfone groups is 1. The van der Waals surface area contributed by atoms with E-state index in [9.17, 15) is 17.6 Å². The maximum absolute atomic E-state index is 13.7. The molecule has 1 atom stereocenters. The van der Waals surface area contributed by atoms with Crippen molar-refractivity contribution in [3.8, 4) is 0 Å². The van der Waals surface area contributed by atoms with Crippen LogP contribution in [0.25, 0.3) is 0 Å². The fraction of sp³-hybridized carbons (Fsp3) is 0.462. The van der Waals surface area contributed by atoms with Gasteiger partial charge in [-0.1, -0.05) is 0 Å². The van der Waals surface area contributed by atoms with E-state index in [0.29, 0.717) is 13.0 Å². The van der Waals surface area contributed by atoms with E-state index in [2.05, 4.69) is 0 Å². The molecule has 5 nitrogen and oxygen atoms in total. The highest BCUT2D eigenvalue weighted by atomic mass is 32.2. The van der Waals surface area contributed by atoms with E-state index in [1.54, 1.807) is 0 Å². The molecule has 0 aliphatic carbocycles. The summed E-state index contributed by atoms with van der Waals surface area (Å²) >= 11 is 0. The molecule has 1 heterocycles. The van der Waals surface area contributed by atoms with Crippen LogP contribution in [0.3, 0.4) is 0 Å². The normalized spacial score (nSPS) is 19.8. The lowest BCUT2D eigenvalue weighted by molar-refractivity contribution is 0.0305. The molecule has 1 aliphatic heterocycles. The Morgan fingerprint density at radius 1 is 1.40 bits per heavy atom. The average Bonchev–Trinajstić information content (AvgIpc) is 2.39. The zero-order valence-corrected chi connectivity index (χ0v) is 11.5. The van der Waals surface area contributed by atoms with Gasteiger partial charge in [0.15, 0.2) is 9.84 Å². The van der Waals surface area contributed by atoms with E-state index in [4.69, 9.17) is 9.84 Å². The van der Waals surface area contributed by atoms with Crippen LogP contribution in [0.1, 0.15) is 29.6 Å². The van der Waals surface area contributed by atoms with Gasteiger partial charge in [-0.3, -0.25) is 0 Å². The quantitative estimate of drug-likeness (QED) is 0.918. The second-order valence-electron chi connectivity index (χ2n) is 4.72. The monoisotopic (exact) mass is 302 g/mol. The van der Waals surface area contributed by atoms with Crippen molar-refractivity contribution in [1.29, 1.82) is 0 Å². The molecule has 0 amide bonds. The molecule has 1 fully saturated rings. The van der Waals surface area contributed by atoms with E-state index in [0.717, 1.165) is 31.0 Å². The predicted octanol–water partition coefficient (Wildman–Crippen LogP) is 1.87. The van der Waals surface area contributed by atoms with Crippen LogP contribution in [0, 0.1) is 5.82 Å². The Kier molecular flexibility index (Phi) is 4.39. The van der Waals surface area contributed by atoms with E-state index in [-0.39, 0.29) is 11.3 Å². The number of aromatic carboxylic acids is 1. The lowest BCUT2D eigenvalue weighted by atomic mass is 10.1. The third kappa shape index (κ3) is 3.34. The molecule has 1 aromatic carbocycles. The summed E-state index contributed by atoms with van der Waals surface area (Å²) < 4.78 is 43.4. The van der Waals surface area contributed by atoms with E-state index < -0.39 is 32.6 Å². The van der Waals surface area contributed by atoms with Gasteiger partial charge in [-0.2, -0.15) is 0 Å². The summed E-state index contributed by atoms with van der Waals surface area (Å²) in [4.78, 5) is 10.3. The molecule has 1 aromatic rings. The van der Waals surface area contributed by atoms with Gasteiger partial charge in [0.2, 0.25) is 0 Å². The number of halogens is 1. The first-order valence-electron chi connectivity index (χ1n) is 6.27. The van der Waals surface area contributed by atoms with Crippen LogP contribution in [0.4, 0.5) is 4.39 Å². The molecule has 1 aliphatic rings. The van der Waals surface area contributed by atoms with Crippen molar-refractivity contribution in [2.24, 2.45) is 0 Å². The van der Waals surface area contributed by atoms with Crippen molar-refractivity contribution in [2.45, 2.75) is 30.3 Å². The van der Waals surface area contributed by atoms with E-state index in [1.807, 2.05) is 0 Å². The molecule has 0 aromatic heterocycles. The van der Waals surface area contributed by atoms with Gasteiger partial charge >= 0.3 is 5.97 Å². The maximum Gasteiger partial charge on any atom is 0.335 e. The van der Waals surface area contributed by atoms with Gasteiger partial charge in [0.05, 0.1) is 17.4 Å². The number of carboxylic acid groups (broad SMARTS) is 1. The zero-order chi connectivity index (χ0) is 14.8. The van der Waals surface area contributed by atoms with Gasteiger partial charge in [0.25, 0.3) is 0 Å². The lowest BCUT2D eigenvalue weighted by Gasteiger charge is -2.22. The summed E-state index contributed by atoms with van der Waals surface area (Å²) in [5, 5.41) is 8.85. The number of rotatable bonds is 4. The molecule has 0 radical (unpaired) electrons. The molecule has 7 heteroatoms. The molecule has 1 unspecified atom stereocenters. The first kappa shape index (κ1) is 14.9. The Labute approximate surface area is 116 Å². The summed E-state index contributed by atoms with van der Waals surface area (Å²) in [5.41, 5.74) is -0.255. The van der Waals surface area contributed by atoms with Gasteiger partial charge in [0.1, 0.15) is 10.7 Å². The molecule has 1 N–H and O–H groups in total. The molecule has 0 bridgehead atoms. The second-order valence-corrected chi connectivity index (χ2v) is 6.72. The van der Waals surface area contributed by atoms with Gasteiger partial charge in [-0.25, -0.2) is 17.6 Å². The minimum atomic E-state index is -3.91. The van der Waals surface area contributed by atoms with Crippen LogP contribution in [-0.2, 0) is 14.6 Å². The topological polar surface area (TPSA) is 80.7 Å². The van der Waals surface area contributed by atoms with Crippen molar-refractivity contribution in [3.05, 3.63) is 29.6 Å². The van der Waals surface area contributed by atoms with Crippen LogP contribution in [0.2, 0.25) is 0 Å². The number of ether oxygens (including phenoxy) is 1. The molecule has 1 saturated heterocycles. The molecule has 110 valence electrons. The summed E-state index contributed by atoms with van der Waals surface area (Å²) in [7, 11) is -3.91. The van der Waals surface area contributed by atoms with Crippen molar-refractivity contribution in [2.75, 3.05) is 12.4 Å². The smallest absolute Gasteiger partial charge is 0.335 e. The average molecular weight is 302 g/mol. The first-order chi connectivity index (χ1) is 9.40. The molecule has 2 rings (SSSR count). The molecular formula is C13H15FO5S.